The minimum atomic E-state index is -0.376. The molecule has 0 bridgehead atoms. The SMILES string of the molecule is Cc1ccncc1C(=O)N1C[C@@H]2C[C@H](N(C)C)CN2C(=O)[C@@H]1CC(C)C. The van der Waals surface area contributed by atoms with Gasteiger partial charge in [-0.3, -0.25) is 14.6 Å². The van der Waals surface area contributed by atoms with Crippen LogP contribution in [0.2, 0.25) is 0 Å². The van der Waals surface area contributed by atoms with Crippen LogP contribution in [0.4, 0.5) is 0 Å². The zero-order valence-corrected chi connectivity index (χ0v) is 16.5. The lowest BCUT2D eigenvalue weighted by Gasteiger charge is -2.43. The maximum Gasteiger partial charge on any atom is 0.256 e. The molecule has 6 nitrogen and oxygen atoms in total. The summed E-state index contributed by atoms with van der Waals surface area (Å²) in [5.74, 6) is 0.384. The van der Waals surface area contributed by atoms with Gasteiger partial charge in [0, 0.05) is 31.5 Å². The van der Waals surface area contributed by atoms with Crippen molar-refractivity contribution in [2.45, 2.75) is 51.7 Å². The number of piperazine rings is 1. The number of nitrogens with zero attached hydrogens (tertiary/aromatic N) is 4. The van der Waals surface area contributed by atoms with Crippen molar-refractivity contribution in [1.82, 2.24) is 19.7 Å². The molecule has 0 saturated carbocycles. The fraction of sp³-hybridized carbons (Fsp3) is 0.650. The zero-order chi connectivity index (χ0) is 19.0. The summed E-state index contributed by atoms with van der Waals surface area (Å²) in [7, 11) is 4.11. The van der Waals surface area contributed by atoms with Crippen LogP contribution in [0.1, 0.15) is 42.6 Å². The van der Waals surface area contributed by atoms with Crippen molar-refractivity contribution in [2.75, 3.05) is 27.2 Å². The summed E-state index contributed by atoms with van der Waals surface area (Å²) in [6.45, 7) is 7.50. The average molecular weight is 358 g/mol. The Morgan fingerprint density at radius 3 is 2.69 bits per heavy atom. The Labute approximate surface area is 156 Å². The Morgan fingerprint density at radius 2 is 2.08 bits per heavy atom. The van der Waals surface area contributed by atoms with Crippen LogP contribution < -0.4 is 0 Å². The highest BCUT2D eigenvalue weighted by Crippen LogP contribution is 2.31. The second kappa shape index (κ2) is 7.35. The van der Waals surface area contributed by atoms with Crippen LogP contribution >= 0.6 is 0 Å². The molecular weight excluding hydrogens is 328 g/mol. The summed E-state index contributed by atoms with van der Waals surface area (Å²) in [5, 5.41) is 0. The van der Waals surface area contributed by atoms with Gasteiger partial charge in [-0.25, -0.2) is 0 Å². The van der Waals surface area contributed by atoms with Crippen molar-refractivity contribution < 1.29 is 9.59 Å². The van der Waals surface area contributed by atoms with Crippen LogP contribution in [0, 0.1) is 12.8 Å². The van der Waals surface area contributed by atoms with Crippen molar-refractivity contribution in [1.29, 1.82) is 0 Å². The topological polar surface area (TPSA) is 56.8 Å². The molecule has 142 valence electrons. The van der Waals surface area contributed by atoms with Crippen molar-refractivity contribution in [2.24, 2.45) is 5.92 Å². The zero-order valence-electron chi connectivity index (χ0n) is 16.5. The molecule has 3 rings (SSSR count). The molecule has 2 aliphatic rings. The van der Waals surface area contributed by atoms with Crippen LogP contribution in [0.25, 0.3) is 0 Å². The molecule has 0 spiro atoms. The number of rotatable bonds is 4. The highest BCUT2D eigenvalue weighted by atomic mass is 16.2. The van der Waals surface area contributed by atoms with E-state index in [4.69, 9.17) is 0 Å². The lowest BCUT2D eigenvalue weighted by Crippen LogP contribution is -2.61. The highest BCUT2D eigenvalue weighted by Gasteiger charge is 2.47. The number of hydrogen-bond donors (Lipinski definition) is 0. The molecule has 0 unspecified atom stereocenters. The van der Waals surface area contributed by atoms with Gasteiger partial charge in [0.2, 0.25) is 5.91 Å². The summed E-state index contributed by atoms with van der Waals surface area (Å²) in [6.07, 6.45) is 4.93. The van der Waals surface area contributed by atoms with Crippen molar-refractivity contribution in [3.8, 4) is 0 Å². The standard InChI is InChI=1S/C20H30N4O2/c1-13(2)8-18-20(26)23-11-15(22(4)5)9-16(23)12-24(18)19(25)17-10-21-7-6-14(17)3/h6-7,10,13,15-16,18H,8-9,11-12H2,1-5H3/t15-,16-,18-/m0/s1. The van der Waals surface area contributed by atoms with Crippen LogP contribution in [-0.4, -0.2) is 76.8 Å². The Morgan fingerprint density at radius 1 is 1.35 bits per heavy atom. The molecule has 6 heteroatoms. The van der Waals surface area contributed by atoms with E-state index in [-0.39, 0.29) is 23.9 Å². The summed E-state index contributed by atoms with van der Waals surface area (Å²) in [5.41, 5.74) is 1.51. The smallest absolute Gasteiger partial charge is 0.256 e. The minimum Gasteiger partial charge on any atom is -0.335 e. The summed E-state index contributed by atoms with van der Waals surface area (Å²) in [6, 6.07) is 1.94. The molecule has 2 saturated heterocycles. The third-order valence-corrected chi connectivity index (χ3v) is 5.70. The monoisotopic (exact) mass is 358 g/mol. The van der Waals surface area contributed by atoms with E-state index in [0.29, 0.717) is 30.5 Å². The number of carbonyl (C=O) groups excluding carboxylic acids is 2. The lowest BCUT2D eigenvalue weighted by molar-refractivity contribution is -0.142. The maximum atomic E-state index is 13.3. The predicted octanol–water partition coefficient (Wildman–Crippen LogP) is 1.79. The molecule has 2 amide bonds. The Bertz CT molecular complexity index is 688. The Balaban J connectivity index is 1.90. The minimum absolute atomic E-state index is 0.0671. The second-order valence-electron chi connectivity index (χ2n) is 8.29. The van der Waals surface area contributed by atoms with Crippen LogP contribution in [0.15, 0.2) is 18.5 Å². The largest absolute Gasteiger partial charge is 0.335 e. The first kappa shape index (κ1) is 18.8. The Hall–Kier alpha value is -1.95. The normalized spacial score (nSPS) is 26.0. The fourth-order valence-corrected chi connectivity index (χ4v) is 4.13. The molecule has 3 atom stereocenters. The van der Waals surface area contributed by atoms with Gasteiger partial charge >= 0.3 is 0 Å². The molecule has 0 aliphatic carbocycles. The quantitative estimate of drug-likeness (QED) is 0.823. The molecule has 3 heterocycles. The Kier molecular flexibility index (Phi) is 5.32. The van der Waals surface area contributed by atoms with Crippen molar-refractivity contribution in [3.63, 3.8) is 0 Å². The summed E-state index contributed by atoms with van der Waals surface area (Å²) < 4.78 is 0. The van der Waals surface area contributed by atoms with E-state index in [1.165, 1.54) is 0 Å². The average Bonchev–Trinajstić information content (AvgIpc) is 3.01. The molecule has 1 aromatic heterocycles. The van der Waals surface area contributed by atoms with Crippen LogP contribution in [0.3, 0.4) is 0 Å². The lowest BCUT2D eigenvalue weighted by atomic mass is 9.96. The number of aromatic nitrogens is 1. The van der Waals surface area contributed by atoms with Gasteiger partial charge in [0.25, 0.3) is 5.91 Å². The molecule has 26 heavy (non-hydrogen) atoms. The van der Waals surface area contributed by atoms with Crippen LogP contribution in [0.5, 0.6) is 0 Å². The van der Waals surface area contributed by atoms with E-state index in [1.807, 2.05) is 22.8 Å². The number of fused-ring (bicyclic) bond motifs is 1. The summed E-state index contributed by atoms with van der Waals surface area (Å²) in [4.78, 5) is 36.6. The van der Waals surface area contributed by atoms with Gasteiger partial charge in [-0.2, -0.15) is 0 Å². The number of amides is 2. The van der Waals surface area contributed by atoms with Gasteiger partial charge in [0.05, 0.1) is 11.6 Å². The van der Waals surface area contributed by atoms with Gasteiger partial charge in [0.1, 0.15) is 6.04 Å². The number of likely N-dealkylation sites (N-methyl/N-ethyl adjacent to an activating group) is 1. The van der Waals surface area contributed by atoms with E-state index in [2.05, 4.69) is 37.8 Å². The molecule has 1 aromatic rings. The molecular formula is C20H30N4O2. The van der Waals surface area contributed by atoms with Crippen molar-refractivity contribution in [3.05, 3.63) is 29.6 Å². The number of aryl methyl sites for hydroxylation is 1. The molecule has 0 radical (unpaired) electrons. The predicted molar refractivity (Wildman–Crippen MR) is 101 cm³/mol. The third-order valence-electron chi connectivity index (χ3n) is 5.70. The van der Waals surface area contributed by atoms with Crippen molar-refractivity contribution >= 4 is 11.8 Å². The van der Waals surface area contributed by atoms with E-state index >= 15 is 0 Å². The van der Waals surface area contributed by atoms with E-state index in [0.717, 1.165) is 18.5 Å². The molecule has 2 aliphatic heterocycles. The van der Waals surface area contributed by atoms with E-state index in [9.17, 15) is 9.59 Å². The first-order valence-electron chi connectivity index (χ1n) is 9.48. The van der Waals surface area contributed by atoms with E-state index in [1.54, 1.807) is 12.4 Å². The van der Waals surface area contributed by atoms with Gasteiger partial charge in [0.15, 0.2) is 0 Å². The number of pyridine rings is 1. The summed E-state index contributed by atoms with van der Waals surface area (Å²) >= 11 is 0. The molecule has 0 aromatic carbocycles. The fourth-order valence-electron chi connectivity index (χ4n) is 4.13. The molecule has 0 N–H and O–H groups in total. The van der Waals surface area contributed by atoms with E-state index < -0.39 is 0 Å². The van der Waals surface area contributed by atoms with Gasteiger partial charge in [-0.15, -0.1) is 0 Å². The van der Waals surface area contributed by atoms with Gasteiger partial charge in [-0.1, -0.05) is 13.8 Å². The highest BCUT2D eigenvalue weighted by molar-refractivity contribution is 5.99. The van der Waals surface area contributed by atoms with Gasteiger partial charge < -0.3 is 14.7 Å². The number of hydrogen-bond acceptors (Lipinski definition) is 4. The first-order valence-corrected chi connectivity index (χ1v) is 9.48. The maximum absolute atomic E-state index is 13.3. The number of carbonyl (C=O) groups is 2. The van der Waals surface area contributed by atoms with Crippen LogP contribution in [-0.2, 0) is 4.79 Å². The first-order chi connectivity index (χ1) is 12.3. The molecule has 2 fully saturated rings. The second-order valence-corrected chi connectivity index (χ2v) is 8.29. The third kappa shape index (κ3) is 3.47. The van der Waals surface area contributed by atoms with Gasteiger partial charge in [-0.05, 0) is 51.4 Å².